The van der Waals surface area contributed by atoms with E-state index in [1.54, 1.807) is 0 Å². The molecule has 0 heterocycles. The van der Waals surface area contributed by atoms with Gasteiger partial charge in [-0.1, -0.05) is 36.4 Å². The van der Waals surface area contributed by atoms with Crippen molar-refractivity contribution in [2.45, 2.75) is 19.9 Å². The summed E-state index contributed by atoms with van der Waals surface area (Å²) in [4.78, 5) is 11.9. The summed E-state index contributed by atoms with van der Waals surface area (Å²) in [5.41, 5.74) is 1.90. The summed E-state index contributed by atoms with van der Waals surface area (Å²) in [6.07, 6.45) is 0. The van der Waals surface area contributed by atoms with Crippen LogP contribution in [0.25, 0.3) is 0 Å². The Hall–Kier alpha value is -2.33. The van der Waals surface area contributed by atoms with Crippen molar-refractivity contribution in [3.8, 4) is 5.75 Å². The summed E-state index contributed by atoms with van der Waals surface area (Å²) >= 11 is 0. The Morgan fingerprint density at radius 2 is 1.77 bits per heavy atom. The first kappa shape index (κ1) is 16.0. The number of nitrogens with one attached hydrogen (secondary N) is 2. The number of hydrogen-bond acceptors (Lipinski definition) is 3. The van der Waals surface area contributed by atoms with Gasteiger partial charge in [0.25, 0.3) is 0 Å². The van der Waals surface area contributed by atoms with Gasteiger partial charge in [0.2, 0.25) is 5.91 Å². The van der Waals surface area contributed by atoms with Gasteiger partial charge in [0.05, 0.1) is 6.54 Å². The van der Waals surface area contributed by atoms with Gasteiger partial charge < -0.3 is 15.4 Å². The van der Waals surface area contributed by atoms with Crippen molar-refractivity contribution in [3.63, 3.8) is 0 Å². The van der Waals surface area contributed by atoms with Crippen LogP contribution in [0.15, 0.2) is 54.6 Å². The number of ether oxygens (including phenoxy) is 1. The number of carbonyl (C=O) groups excluding carboxylic acids is 1. The van der Waals surface area contributed by atoms with Gasteiger partial charge in [0.15, 0.2) is 0 Å². The molecule has 22 heavy (non-hydrogen) atoms. The van der Waals surface area contributed by atoms with Gasteiger partial charge in [-0.15, -0.1) is 0 Å². The van der Waals surface area contributed by atoms with Gasteiger partial charge >= 0.3 is 0 Å². The SMILES string of the molecule is Cc1ccccc1NC(=O)CN[C@H](C)COc1ccccc1. The highest BCUT2D eigenvalue weighted by Crippen LogP contribution is 2.12. The number of benzene rings is 2. The molecule has 1 atom stereocenters. The van der Waals surface area contributed by atoms with E-state index in [0.29, 0.717) is 6.61 Å². The number of hydrogen-bond donors (Lipinski definition) is 2. The predicted octanol–water partition coefficient (Wildman–Crippen LogP) is 2.99. The Morgan fingerprint density at radius 3 is 2.50 bits per heavy atom. The van der Waals surface area contributed by atoms with Crippen LogP contribution in [0, 0.1) is 6.92 Å². The topological polar surface area (TPSA) is 50.4 Å². The smallest absolute Gasteiger partial charge is 0.238 e. The predicted molar refractivity (Wildman–Crippen MR) is 89.2 cm³/mol. The van der Waals surface area contributed by atoms with Gasteiger partial charge in [-0.3, -0.25) is 4.79 Å². The summed E-state index contributed by atoms with van der Waals surface area (Å²) in [6.45, 7) is 4.73. The van der Waals surface area contributed by atoms with E-state index in [4.69, 9.17) is 4.74 Å². The zero-order chi connectivity index (χ0) is 15.8. The van der Waals surface area contributed by atoms with Crippen LogP contribution in [0.1, 0.15) is 12.5 Å². The third-order valence-electron chi connectivity index (χ3n) is 3.27. The van der Waals surface area contributed by atoms with Crippen LogP contribution in [0.4, 0.5) is 5.69 Å². The molecule has 0 aliphatic carbocycles. The second-order valence-corrected chi connectivity index (χ2v) is 5.27. The molecule has 4 heteroatoms. The molecule has 0 aliphatic rings. The molecule has 4 nitrogen and oxygen atoms in total. The van der Waals surface area contributed by atoms with Crippen LogP contribution in [-0.2, 0) is 4.79 Å². The molecule has 2 N–H and O–H groups in total. The average Bonchev–Trinajstić information content (AvgIpc) is 2.54. The molecule has 1 amide bonds. The molecule has 0 saturated heterocycles. The standard InChI is InChI=1S/C18H22N2O2/c1-14-8-6-7-11-17(14)20-18(21)12-19-15(2)13-22-16-9-4-3-5-10-16/h3-11,15,19H,12-13H2,1-2H3,(H,20,21)/t15-/m1/s1. The zero-order valence-corrected chi connectivity index (χ0v) is 13.0. The first-order valence-electron chi connectivity index (χ1n) is 7.42. The normalized spacial score (nSPS) is 11.7. The van der Waals surface area contributed by atoms with Crippen molar-refractivity contribution in [2.75, 3.05) is 18.5 Å². The highest BCUT2D eigenvalue weighted by Gasteiger charge is 2.07. The molecule has 0 fully saturated rings. The van der Waals surface area contributed by atoms with E-state index < -0.39 is 0 Å². The second kappa shape index (κ2) is 8.20. The quantitative estimate of drug-likeness (QED) is 0.826. The molecule has 116 valence electrons. The molecule has 2 aromatic carbocycles. The van der Waals surface area contributed by atoms with Crippen LogP contribution < -0.4 is 15.4 Å². The molecule has 2 aromatic rings. The van der Waals surface area contributed by atoms with Crippen molar-refractivity contribution in [1.82, 2.24) is 5.32 Å². The minimum Gasteiger partial charge on any atom is -0.492 e. The van der Waals surface area contributed by atoms with Crippen LogP contribution in [-0.4, -0.2) is 25.1 Å². The maximum absolute atomic E-state index is 11.9. The minimum absolute atomic E-state index is 0.0548. The number of carbonyl (C=O) groups is 1. The first-order chi connectivity index (χ1) is 10.6. The lowest BCUT2D eigenvalue weighted by Crippen LogP contribution is -2.37. The Balaban J connectivity index is 1.71. The Morgan fingerprint density at radius 1 is 1.09 bits per heavy atom. The highest BCUT2D eigenvalue weighted by molar-refractivity contribution is 5.92. The molecule has 0 aliphatic heterocycles. The summed E-state index contributed by atoms with van der Waals surface area (Å²) < 4.78 is 5.64. The lowest BCUT2D eigenvalue weighted by Gasteiger charge is -2.15. The lowest BCUT2D eigenvalue weighted by atomic mass is 10.2. The lowest BCUT2D eigenvalue weighted by molar-refractivity contribution is -0.115. The summed E-state index contributed by atoms with van der Waals surface area (Å²) in [7, 11) is 0. The molecule has 0 saturated carbocycles. The van der Waals surface area contributed by atoms with Crippen molar-refractivity contribution in [1.29, 1.82) is 0 Å². The number of anilines is 1. The van der Waals surface area contributed by atoms with E-state index >= 15 is 0 Å². The van der Waals surface area contributed by atoms with E-state index in [9.17, 15) is 4.79 Å². The van der Waals surface area contributed by atoms with Crippen LogP contribution in [0.2, 0.25) is 0 Å². The van der Waals surface area contributed by atoms with Crippen LogP contribution >= 0.6 is 0 Å². The summed E-state index contributed by atoms with van der Waals surface area (Å²) in [5.74, 6) is 0.779. The van der Waals surface area contributed by atoms with Gasteiger partial charge in [-0.25, -0.2) is 0 Å². The fraction of sp³-hybridized carbons (Fsp3) is 0.278. The molecule has 2 rings (SSSR count). The van der Waals surface area contributed by atoms with E-state index in [1.165, 1.54) is 0 Å². The largest absolute Gasteiger partial charge is 0.492 e. The van der Waals surface area contributed by atoms with Crippen LogP contribution in [0.3, 0.4) is 0 Å². The molecule has 0 unspecified atom stereocenters. The van der Waals surface area contributed by atoms with Crippen molar-refractivity contribution >= 4 is 11.6 Å². The number of amides is 1. The van der Waals surface area contributed by atoms with Gasteiger partial charge in [-0.2, -0.15) is 0 Å². The van der Waals surface area contributed by atoms with E-state index in [0.717, 1.165) is 17.0 Å². The Kier molecular flexibility index (Phi) is 5.98. The minimum atomic E-state index is -0.0548. The number of aryl methyl sites for hydroxylation is 1. The Bertz CT molecular complexity index is 599. The fourth-order valence-corrected chi connectivity index (χ4v) is 1.97. The molecule has 0 aromatic heterocycles. The van der Waals surface area contributed by atoms with Crippen molar-refractivity contribution in [3.05, 3.63) is 60.2 Å². The fourth-order valence-electron chi connectivity index (χ4n) is 1.97. The molecular formula is C18H22N2O2. The second-order valence-electron chi connectivity index (χ2n) is 5.27. The summed E-state index contributed by atoms with van der Waals surface area (Å²) in [6, 6.07) is 17.5. The maximum Gasteiger partial charge on any atom is 0.238 e. The zero-order valence-electron chi connectivity index (χ0n) is 13.0. The number of para-hydroxylation sites is 2. The van der Waals surface area contributed by atoms with Crippen molar-refractivity contribution < 1.29 is 9.53 Å². The molecule has 0 bridgehead atoms. The van der Waals surface area contributed by atoms with Gasteiger partial charge in [-0.05, 0) is 37.6 Å². The van der Waals surface area contributed by atoms with E-state index in [-0.39, 0.29) is 18.5 Å². The third kappa shape index (κ3) is 5.22. The van der Waals surface area contributed by atoms with Crippen molar-refractivity contribution in [2.24, 2.45) is 0 Å². The van der Waals surface area contributed by atoms with E-state index in [2.05, 4.69) is 10.6 Å². The highest BCUT2D eigenvalue weighted by atomic mass is 16.5. The summed E-state index contributed by atoms with van der Waals surface area (Å²) in [5, 5.41) is 6.05. The maximum atomic E-state index is 11.9. The molecule has 0 spiro atoms. The first-order valence-corrected chi connectivity index (χ1v) is 7.42. The van der Waals surface area contributed by atoms with Gasteiger partial charge in [0.1, 0.15) is 12.4 Å². The monoisotopic (exact) mass is 298 g/mol. The third-order valence-corrected chi connectivity index (χ3v) is 3.27. The Labute approximate surface area is 131 Å². The number of rotatable bonds is 7. The average molecular weight is 298 g/mol. The van der Waals surface area contributed by atoms with Gasteiger partial charge in [0, 0.05) is 11.7 Å². The molecule has 0 radical (unpaired) electrons. The molecular weight excluding hydrogens is 276 g/mol. The van der Waals surface area contributed by atoms with E-state index in [1.807, 2.05) is 68.4 Å². The van der Waals surface area contributed by atoms with Crippen LogP contribution in [0.5, 0.6) is 5.75 Å².